The zero-order chi connectivity index (χ0) is 13.5. The minimum Gasteiger partial charge on any atom is -0.369 e. The summed E-state index contributed by atoms with van der Waals surface area (Å²) in [4.78, 5) is 24.4. The molecule has 0 aromatic rings. The van der Waals surface area contributed by atoms with Crippen molar-refractivity contribution in [2.45, 2.75) is 45.1 Å². The van der Waals surface area contributed by atoms with Gasteiger partial charge in [-0.25, -0.2) is 5.84 Å². The van der Waals surface area contributed by atoms with E-state index in [0.29, 0.717) is 12.5 Å². The number of hydrazine groups is 1. The summed E-state index contributed by atoms with van der Waals surface area (Å²) in [6.07, 6.45) is 4.11. The molecular formula is C12H24N4O2. The number of hydrogen-bond acceptors (Lipinski definition) is 4. The van der Waals surface area contributed by atoms with Crippen LogP contribution >= 0.6 is 0 Å². The van der Waals surface area contributed by atoms with Crippen LogP contribution in [0.1, 0.15) is 39.0 Å². The minimum atomic E-state index is -0.200. The molecule has 1 fully saturated rings. The van der Waals surface area contributed by atoms with E-state index in [1.54, 1.807) is 0 Å². The van der Waals surface area contributed by atoms with Gasteiger partial charge in [0.05, 0.1) is 5.92 Å². The van der Waals surface area contributed by atoms with Gasteiger partial charge in [0.25, 0.3) is 0 Å². The van der Waals surface area contributed by atoms with Gasteiger partial charge in [-0.05, 0) is 39.2 Å². The number of hydrogen-bond donors (Lipinski definition) is 3. The maximum absolute atomic E-state index is 11.2. The molecule has 18 heavy (non-hydrogen) atoms. The molecule has 1 saturated heterocycles. The molecule has 6 nitrogen and oxygen atoms in total. The smallest absolute Gasteiger partial charge is 0.233 e. The lowest BCUT2D eigenvalue weighted by molar-refractivity contribution is -0.124. The highest BCUT2D eigenvalue weighted by molar-refractivity contribution is 5.77. The number of piperidine rings is 1. The number of nitrogens with two attached hydrogens (primary N) is 2. The van der Waals surface area contributed by atoms with E-state index in [0.717, 1.165) is 38.8 Å². The van der Waals surface area contributed by atoms with Crippen molar-refractivity contribution in [2.24, 2.45) is 17.5 Å². The standard InChI is InChI=1S/C12H24N4O2/c1-9-5-6-10(12(13)18)8-16(9)7-3-2-4-11(17)15-14/h9-10H,2-8,14H2,1H3,(H2,13,18)(H,15,17). The Morgan fingerprint density at radius 1 is 1.33 bits per heavy atom. The summed E-state index contributed by atoms with van der Waals surface area (Å²) < 4.78 is 0. The zero-order valence-corrected chi connectivity index (χ0v) is 11.0. The molecule has 2 atom stereocenters. The average molecular weight is 256 g/mol. The Bertz CT molecular complexity index is 296. The van der Waals surface area contributed by atoms with E-state index in [-0.39, 0.29) is 17.7 Å². The normalized spacial score (nSPS) is 24.8. The Kier molecular flexibility index (Phi) is 6.07. The summed E-state index contributed by atoms with van der Waals surface area (Å²) in [6.45, 7) is 3.83. The van der Waals surface area contributed by atoms with E-state index in [4.69, 9.17) is 11.6 Å². The van der Waals surface area contributed by atoms with Crippen molar-refractivity contribution in [3.63, 3.8) is 0 Å². The number of likely N-dealkylation sites (tertiary alicyclic amines) is 1. The number of amides is 2. The number of primary amides is 1. The molecule has 2 amide bonds. The number of carbonyl (C=O) groups is 2. The SMILES string of the molecule is CC1CCC(C(N)=O)CN1CCCCC(=O)NN. The van der Waals surface area contributed by atoms with Gasteiger partial charge < -0.3 is 5.73 Å². The summed E-state index contributed by atoms with van der Waals surface area (Å²) in [6, 6.07) is 0.490. The van der Waals surface area contributed by atoms with E-state index in [1.165, 1.54) is 0 Å². The maximum Gasteiger partial charge on any atom is 0.233 e. The fourth-order valence-electron chi connectivity index (χ4n) is 2.40. The number of nitrogens with zero attached hydrogens (tertiary/aromatic N) is 1. The molecule has 0 aliphatic carbocycles. The number of nitrogens with one attached hydrogen (secondary N) is 1. The Morgan fingerprint density at radius 2 is 2.06 bits per heavy atom. The van der Waals surface area contributed by atoms with Gasteiger partial charge >= 0.3 is 0 Å². The summed E-state index contributed by atoms with van der Waals surface area (Å²) >= 11 is 0. The lowest BCUT2D eigenvalue weighted by Gasteiger charge is -2.36. The zero-order valence-electron chi connectivity index (χ0n) is 11.0. The quantitative estimate of drug-likeness (QED) is 0.263. The second-order valence-corrected chi connectivity index (χ2v) is 5.05. The Labute approximate surface area is 108 Å². The van der Waals surface area contributed by atoms with Crippen LogP contribution in [-0.2, 0) is 9.59 Å². The molecule has 1 aliphatic rings. The van der Waals surface area contributed by atoms with Crippen molar-refractivity contribution in [2.75, 3.05) is 13.1 Å². The molecule has 2 unspecified atom stereocenters. The van der Waals surface area contributed by atoms with Gasteiger partial charge in [0.1, 0.15) is 0 Å². The summed E-state index contributed by atoms with van der Waals surface area (Å²) in [7, 11) is 0. The van der Waals surface area contributed by atoms with E-state index < -0.39 is 0 Å². The topological polar surface area (TPSA) is 101 Å². The highest BCUT2D eigenvalue weighted by atomic mass is 16.2. The second kappa shape index (κ2) is 7.33. The largest absolute Gasteiger partial charge is 0.369 e. The predicted octanol–water partition coefficient (Wildman–Crippen LogP) is -0.268. The van der Waals surface area contributed by atoms with Crippen molar-refractivity contribution >= 4 is 11.8 Å². The lowest BCUT2D eigenvalue weighted by atomic mass is 9.92. The van der Waals surface area contributed by atoms with Crippen LogP contribution in [0, 0.1) is 5.92 Å². The summed E-state index contributed by atoms with van der Waals surface area (Å²) in [5, 5.41) is 0. The number of unbranched alkanes of at least 4 members (excludes halogenated alkanes) is 1. The molecule has 1 rings (SSSR count). The highest BCUT2D eigenvalue weighted by Gasteiger charge is 2.27. The van der Waals surface area contributed by atoms with Crippen LogP contribution in [0.4, 0.5) is 0 Å². The first-order valence-electron chi connectivity index (χ1n) is 6.57. The van der Waals surface area contributed by atoms with Crippen LogP contribution in [0.2, 0.25) is 0 Å². The van der Waals surface area contributed by atoms with Gasteiger partial charge in [-0.1, -0.05) is 0 Å². The monoisotopic (exact) mass is 256 g/mol. The second-order valence-electron chi connectivity index (χ2n) is 5.05. The van der Waals surface area contributed by atoms with Crippen LogP contribution in [0.25, 0.3) is 0 Å². The molecule has 1 heterocycles. The number of rotatable bonds is 6. The molecule has 0 spiro atoms. The molecule has 0 bridgehead atoms. The van der Waals surface area contributed by atoms with E-state index in [9.17, 15) is 9.59 Å². The summed E-state index contributed by atoms with van der Waals surface area (Å²) in [5.41, 5.74) is 7.48. The molecule has 0 aromatic carbocycles. The third kappa shape index (κ3) is 4.62. The fourth-order valence-corrected chi connectivity index (χ4v) is 2.40. The summed E-state index contributed by atoms with van der Waals surface area (Å²) in [5.74, 6) is 4.66. The van der Waals surface area contributed by atoms with E-state index >= 15 is 0 Å². The van der Waals surface area contributed by atoms with Crippen LogP contribution in [0.15, 0.2) is 0 Å². The van der Waals surface area contributed by atoms with Gasteiger partial charge in [-0.3, -0.25) is 19.9 Å². The van der Waals surface area contributed by atoms with Crippen molar-refractivity contribution in [1.29, 1.82) is 0 Å². The first-order valence-corrected chi connectivity index (χ1v) is 6.57. The maximum atomic E-state index is 11.2. The molecule has 1 aliphatic heterocycles. The van der Waals surface area contributed by atoms with E-state index in [2.05, 4.69) is 17.2 Å². The van der Waals surface area contributed by atoms with Crippen LogP contribution < -0.4 is 17.0 Å². The molecule has 5 N–H and O–H groups in total. The Balaban J connectivity index is 2.26. The molecular weight excluding hydrogens is 232 g/mol. The van der Waals surface area contributed by atoms with Crippen molar-refractivity contribution in [3.8, 4) is 0 Å². The molecule has 0 radical (unpaired) electrons. The lowest BCUT2D eigenvalue weighted by Crippen LogP contribution is -2.46. The average Bonchev–Trinajstić information content (AvgIpc) is 2.35. The first-order chi connectivity index (χ1) is 8.54. The van der Waals surface area contributed by atoms with Gasteiger partial charge in [-0.15, -0.1) is 0 Å². The third-order valence-electron chi connectivity index (χ3n) is 3.67. The predicted molar refractivity (Wildman–Crippen MR) is 69.1 cm³/mol. The van der Waals surface area contributed by atoms with Gasteiger partial charge in [0.15, 0.2) is 0 Å². The first kappa shape index (κ1) is 14.9. The van der Waals surface area contributed by atoms with Gasteiger partial charge in [0, 0.05) is 19.0 Å². The van der Waals surface area contributed by atoms with Crippen LogP contribution in [-0.4, -0.2) is 35.8 Å². The van der Waals surface area contributed by atoms with Crippen LogP contribution in [0.3, 0.4) is 0 Å². The third-order valence-corrected chi connectivity index (χ3v) is 3.67. The van der Waals surface area contributed by atoms with Gasteiger partial charge in [-0.2, -0.15) is 0 Å². The highest BCUT2D eigenvalue weighted by Crippen LogP contribution is 2.22. The fraction of sp³-hybridized carbons (Fsp3) is 0.833. The Hall–Kier alpha value is -1.14. The van der Waals surface area contributed by atoms with Crippen LogP contribution in [0.5, 0.6) is 0 Å². The van der Waals surface area contributed by atoms with Gasteiger partial charge in [0.2, 0.25) is 11.8 Å². The van der Waals surface area contributed by atoms with Crippen molar-refractivity contribution < 1.29 is 9.59 Å². The number of carbonyl (C=O) groups excluding carboxylic acids is 2. The van der Waals surface area contributed by atoms with Crippen molar-refractivity contribution in [1.82, 2.24) is 10.3 Å². The Morgan fingerprint density at radius 3 is 2.67 bits per heavy atom. The molecule has 0 saturated carbocycles. The van der Waals surface area contributed by atoms with Crippen molar-refractivity contribution in [3.05, 3.63) is 0 Å². The molecule has 104 valence electrons. The van der Waals surface area contributed by atoms with E-state index in [1.807, 2.05) is 0 Å². The minimum absolute atomic E-state index is 0.0199. The molecule has 0 aromatic heterocycles. The molecule has 6 heteroatoms.